The van der Waals surface area contributed by atoms with Gasteiger partial charge in [-0.15, -0.1) is 12.4 Å². The molecular weight excluding hydrogens is 518 g/mol. The summed E-state index contributed by atoms with van der Waals surface area (Å²) in [6.07, 6.45) is 2.55. The molecule has 5 rings (SSSR count). The summed E-state index contributed by atoms with van der Waals surface area (Å²) in [5.74, 6) is 1.42. The Morgan fingerprint density at radius 2 is 1.63 bits per heavy atom. The molecule has 0 amide bonds. The first-order chi connectivity index (χ1) is 18.0. The number of halogens is 1. The van der Waals surface area contributed by atoms with E-state index in [0.717, 1.165) is 42.0 Å². The number of hydrogen-bond donors (Lipinski definition) is 0. The Balaban J connectivity index is 0.00000336. The molecule has 4 aromatic rings. The van der Waals surface area contributed by atoms with Crippen LogP contribution in [0.1, 0.15) is 39.9 Å². The standard InChI is InChI=1S/C30H31N3O3S.ClH/c1-21-6-5-7-26-27(21)29(35)32(2)30(31-26)37-20-22-8-10-23(11-9-22)28(34)24-12-14-25(15-13-24)36-19-18-33-16-3-4-17-33;/h5-15H,3-4,16-20H2,1-2H3;1H. The van der Waals surface area contributed by atoms with Crippen molar-refractivity contribution in [2.75, 3.05) is 26.2 Å². The lowest BCUT2D eigenvalue weighted by atomic mass is 10.0. The van der Waals surface area contributed by atoms with Crippen LogP contribution < -0.4 is 10.3 Å². The second-order valence-corrected chi connectivity index (χ2v) is 10.4. The number of carbonyl (C=O) groups excluding carboxylic acids is 1. The zero-order valence-electron chi connectivity index (χ0n) is 21.7. The molecule has 2 heterocycles. The number of ether oxygens (including phenoxy) is 1. The van der Waals surface area contributed by atoms with Crippen LogP contribution in [0.15, 0.2) is 76.7 Å². The molecule has 1 aliphatic heterocycles. The minimum absolute atomic E-state index is 0. The van der Waals surface area contributed by atoms with Gasteiger partial charge in [-0.25, -0.2) is 4.98 Å². The van der Waals surface area contributed by atoms with Crippen LogP contribution in [0.4, 0.5) is 0 Å². The van der Waals surface area contributed by atoms with Crippen molar-refractivity contribution >= 4 is 40.9 Å². The fraction of sp³-hybridized carbons (Fsp3) is 0.300. The van der Waals surface area contributed by atoms with Crippen LogP contribution in [0.25, 0.3) is 10.9 Å². The maximum atomic E-state index is 13.0. The SMILES string of the molecule is Cc1cccc2nc(SCc3ccc(C(=O)c4ccc(OCCN5CCCC5)cc4)cc3)n(C)c(=O)c12.Cl. The minimum atomic E-state index is -0.0328. The van der Waals surface area contributed by atoms with E-state index in [9.17, 15) is 9.59 Å². The third-order valence-corrected chi connectivity index (χ3v) is 7.95. The van der Waals surface area contributed by atoms with E-state index >= 15 is 0 Å². The predicted molar refractivity (Wildman–Crippen MR) is 156 cm³/mol. The highest BCUT2D eigenvalue weighted by molar-refractivity contribution is 7.98. The molecule has 3 aromatic carbocycles. The summed E-state index contributed by atoms with van der Waals surface area (Å²) in [5, 5.41) is 1.34. The molecule has 8 heteroatoms. The molecule has 0 saturated carbocycles. The lowest BCUT2D eigenvalue weighted by molar-refractivity contribution is 0.103. The Hall–Kier alpha value is -3.13. The van der Waals surface area contributed by atoms with Crippen molar-refractivity contribution in [2.45, 2.75) is 30.7 Å². The third kappa shape index (κ3) is 6.29. The van der Waals surface area contributed by atoms with Crippen molar-refractivity contribution in [2.24, 2.45) is 7.05 Å². The lowest BCUT2D eigenvalue weighted by Gasteiger charge is -2.15. The molecule has 0 unspecified atom stereocenters. The van der Waals surface area contributed by atoms with Gasteiger partial charge in [-0.2, -0.15) is 0 Å². The van der Waals surface area contributed by atoms with Gasteiger partial charge in [-0.3, -0.25) is 19.1 Å². The number of rotatable bonds is 9. The first-order valence-corrected chi connectivity index (χ1v) is 13.7. The molecule has 0 atom stereocenters. The highest BCUT2D eigenvalue weighted by Crippen LogP contribution is 2.23. The van der Waals surface area contributed by atoms with Crippen LogP contribution in [-0.2, 0) is 12.8 Å². The molecule has 0 aliphatic carbocycles. The topological polar surface area (TPSA) is 64.4 Å². The maximum absolute atomic E-state index is 13.0. The van der Waals surface area contributed by atoms with Gasteiger partial charge in [-0.05, 0) is 74.3 Å². The molecule has 0 radical (unpaired) electrons. The Morgan fingerprint density at radius 1 is 0.974 bits per heavy atom. The van der Waals surface area contributed by atoms with Crippen LogP contribution in [0, 0.1) is 6.92 Å². The molecule has 0 bridgehead atoms. The Bertz CT molecular complexity index is 1460. The Labute approximate surface area is 233 Å². The zero-order valence-corrected chi connectivity index (χ0v) is 23.3. The summed E-state index contributed by atoms with van der Waals surface area (Å²) in [5.41, 5.74) is 3.95. The zero-order chi connectivity index (χ0) is 25.8. The fourth-order valence-electron chi connectivity index (χ4n) is 4.65. The average Bonchev–Trinajstić information content (AvgIpc) is 3.44. The lowest BCUT2D eigenvalue weighted by Crippen LogP contribution is -2.25. The molecule has 0 spiro atoms. The highest BCUT2D eigenvalue weighted by atomic mass is 35.5. The van der Waals surface area contributed by atoms with E-state index in [1.165, 1.54) is 24.6 Å². The molecule has 1 saturated heterocycles. The third-order valence-electron chi connectivity index (χ3n) is 6.85. The summed E-state index contributed by atoms with van der Waals surface area (Å²) in [7, 11) is 1.76. The monoisotopic (exact) mass is 549 g/mol. The van der Waals surface area contributed by atoms with Gasteiger partial charge >= 0.3 is 0 Å². The number of likely N-dealkylation sites (tertiary alicyclic amines) is 1. The van der Waals surface area contributed by atoms with Gasteiger partial charge in [0.05, 0.1) is 10.9 Å². The first-order valence-electron chi connectivity index (χ1n) is 12.7. The van der Waals surface area contributed by atoms with Gasteiger partial charge in [0.1, 0.15) is 12.4 Å². The fourth-order valence-corrected chi connectivity index (χ4v) is 5.58. The number of hydrogen-bond acceptors (Lipinski definition) is 6. The van der Waals surface area contributed by atoms with Crippen molar-refractivity contribution in [3.63, 3.8) is 0 Å². The van der Waals surface area contributed by atoms with Crippen LogP contribution in [-0.4, -0.2) is 46.5 Å². The summed E-state index contributed by atoms with van der Waals surface area (Å²) >= 11 is 1.51. The Kier molecular flexibility index (Phi) is 9.26. The van der Waals surface area contributed by atoms with Crippen LogP contribution in [0.3, 0.4) is 0 Å². The number of benzene rings is 3. The van der Waals surface area contributed by atoms with Gasteiger partial charge < -0.3 is 4.74 Å². The summed E-state index contributed by atoms with van der Waals surface area (Å²) in [6.45, 7) is 5.86. The summed E-state index contributed by atoms with van der Waals surface area (Å²) < 4.78 is 7.46. The van der Waals surface area contributed by atoms with E-state index in [-0.39, 0.29) is 23.7 Å². The van der Waals surface area contributed by atoms with E-state index in [2.05, 4.69) is 4.90 Å². The van der Waals surface area contributed by atoms with E-state index in [0.29, 0.717) is 34.0 Å². The van der Waals surface area contributed by atoms with Crippen molar-refractivity contribution in [3.8, 4) is 5.75 Å². The van der Waals surface area contributed by atoms with Crippen molar-refractivity contribution in [1.82, 2.24) is 14.5 Å². The van der Waals surface area contributed by atoms with Crippen molar-refractivity contribution in [1.29, 1.82) is 0 Å². The molecule has 38 heavy (non-hydrogen) atoms. The molecule has 198 valence electrons. The first kappa shape index (κ1) is 27.9. The second kappa shape index (κ2) is 12.6. The number of ketones is 1. The summed E-state index contributed by atoms with van der Waals surface area (Å²) in [4.78, 5) is 32.9. The van der Waals surface area contributed by atoms with Crippen LogP contribution in [0.5, 0.6) is 5.75 Å². The Morgan fingerprint density at radius 3 is 2.32 bits per heavy atom. The van der Waals surface area contributed by atoms with Crippen molar-refractivity contribution in [3.05, 3.63) is 99.3 Å². The smallest absolute Gasteiger partial charge is 0.262 e. The number of aryl methyl sites for hydroxylation is 1. The van der Waals surface area contributed by atoms with Gasteiger partial charge in [0.15, 0.2) is 10.9 Å². The van der Waals surface area contributed by atoms with E-state index < -0.39 is 0 Å². The summed E-state index contributed by atoms with van der Waals surface area (Å²) in [6, 6.07) is 20.7. The predicted octanol–water partition coefficient (Wildman–Crippen LogP) is 5.66. The van der Waals surface area contributed by atoms with Gasteiger partial charge in [0.2, 0.25) is 0 Å². The normalized spacial score (nSPS) is 13.4. The molecule has 1 fully saturated rings. The maximum Gasteiger partial charge on any atom is 0.262 e. The molecular formula is C30H32ClN3O3S. The average molecular weight is 550 g/mol. The number of nitrogens with zero attached hydrogens (tertiary/aromatic N) is 3. The van der Waals surface area contributed by atoms with Crippen LogP contribution >= 0.6 is 24.2 Å². The minimum Gasteiger partial charge on any atom is -0.492 e. The number of thioether (sulfide) groups is 1. The quantitative estimate of drug-likeness (QED) is 0.152. The molecule has 6 nitrogen and oxygen atoms in total. The highest BCUT2D eigenvalue weighted by Gasteiger charge is 2.13. The molecule has 1 aromatic heterocycles. The van der Waals surface area contributed by atoms with E-state index in [1.54, 1.807) is 11.6 Å². The molecule has 0 N–H and O–H groups in total. The second-order valence-electron chi connectivity index (χ2n) is 9.46. The molecule has 1 aliphatic rings. The van der Waals surface area contributed by atoms with Crippen molar-refractivity contribution < 1.29 is 9.53 Å². The number of fused-ring (bicyclic) bond motifs is 1. The largest absolute Gasteiger partial charge is 0.492 e. The van der Waals surface area contributed by atoms with E-state index in [1.807, 2.05) is 73.7 Å². The van der Waals surface area contributed by atoms with Gasteiger partial charge in [0, 0.05) is 30.5 Å². The van der Waals surface area contributed by atoms with Crippen LogP contribution in [0.2, 0.25) is 0 Å². The number of aromatic nitrogens is 2. The van der Waals surface area contributed by atoms with Gasteiger partial charge in [0.25, 0.3) is 5.56 Å². The number of carbonyl (C=O) groups is 1. The van der Waals surface area contributed by atoms with Gasteiger partial charge in [-0.1, -0.05) is 48.2 Å². The van der Waals surface area contributed by atoms with E-state index in [4.69, 9.17) is 9.72 Å².